The summed E-state index contributed by atoms with van der Waals surface area (Å²) in [5, 5.41) is 15.6. The fourth-order valence-corrected chi connectivity index (χ4v) is 4.42. The van der Waals surface area contributed by atoms with Gasteiger partial charge < -0.3 is 24.9 Å². The van der Waals surface area contributed by atoms with Crippen LogP contribution >= 0.6 is 11.6 Å². The van der Waals surface area contributed by atoms with Crippen molar-refractivity contribution in [1.29, 1.82) is 0 Å². The molecule has 0 radical (unpaired) electrons. The quantitative estimate of drug-likeness (QED) is 0.269. The van der Waals surface area contributed by atoms with E-state index in [0.29, 0.717) is 22.8 Å². The van der Waals surface area contributed by atoms with Crippen molar-refractivity contribution in [1.82, 2.24) is 20.0 Å². The summed E-state index contributed by atoms with van der Waals surface area (Å²) in [7, 11) is 0. The first-order chi connectivity index (χ1) is 18.6. The maximum atomic E-state index is 13.1. The lowest BCUT2D eigenvalue weighted by Gasteiger charge is -2.21. The van der Waals surface area contributed by atoms with E-state index in [2.05, 4.69) is 10.6 Å². The van der Waals surface area contributed by atoms with Gasteiger partial charge in [0.2, 0.25) is 5.91 Å². The number of carbonyl (C=O) groups is 2. The van der Waals surface area contributed by atoms with Crippen LogP contribution in [0.3, 0.4) is 0 Å². The monoisotopic (exact) mass is 548 g/mol. The van der Waals surface area contributed by atoms with Gasteiger partial charge in [-0.25, -0.2) is 4.98 Å². The lowest BCUT2D eigenvalue weighted by Crippen LogP contribution is -2.46. The summed E-state index contributed by atoms with van der Waals surface area (Å²) in [5.74, 6) is -0.337. The fraction of sp³-hybridized carbons (Fsp3) is 0.300. The molecule has 0 fully saturated rings. The highest BCUT2D eigenvalue weighted by Gasteiger charge is 2.19. The molecule has 8 nitrogen and oxygen atoms in total. The first kappa shape index (κ1) is 28.1. The van der Waals surface area contributed by atoms with Crippen molar-refractivity contribution in [2.24, 2.45) is 0 Å². The summed E-state index contributed by atoms with van der Waals surface area (Å²) < 4.78 is 7.65. The second-order valence-corrected chi connectivity index (χ2v) is 10.3. The number of pyridine rings is 1. The molecule has 3 N–H and O–H groups in total. The number of halogens is 1. The minimum absolute atomic E-state index is 0.0488. The molecular formula is C30H33ClN4O4. The van der Waals surface area contributed by atoms with Crippen molar-refractivity contribution in [3.05, 3.63) is 88.7 Å². The van der Waals surface area contributed by atoms with Gasteiger partial charge >= 0.3 is 0 Å². The van der Waals surface area contributed by atoms with Crippen LogP contribution < -0.4 is 15.4 Å². The van der Waals surface area contributed by atoms with Gasteiger partial charge in [-0.2, -0.15) is 0 Å². The van der Waals surface area contributed by atoms with Crippen LogP contribution in [0, 0.1) is 6.92 Å². The Morgan fingerprint density at radius 2 is 1.85 bits per heavy atom. The van der Waals surface area contributed by atoms with Gasteiger partial charge in [0.1, 0.15) is 17.5 Å². The molecule has 0 saturated carbocycles. The van der Waals surface area contributed by atoms with Crippen molar-refractivity contribution in [2.75, 3.05) is 6.54 Å². The highest BCUT2D eigenvalue weighted by atomic mass is 35.5. The number of fused-ring (bicyclic) bond motifs is 1. The first-order valence-electron chi connectivity index (χ1n) is 12.9. The zero-order valence-corrected chi connectivity index (χ0v) is 23.2. The Bertz CT molecular complexity index is 1460. The number of imidazole rings is 1. The van der Waals surface area contributed by atoms with Gasteiger partial charge in [0.25, 0.3) is 5.91 Å². The van der Waals surface area contributed by atoms with Crippen molar-refractivity contribution < 1.29 is 19.4 Å². The molecule has 2 amide bonds. The van der Waals surface area contributed by atoms with E-state index in [0.717, 1.165) is 28.0 Å². The van der Waals surface area contributed by atoms with Crippen molar-refractivity contribution in [3.63, 3.8) is 0 Å². The van der Waals surface area contributed by atoms with E-state index in [1.165, 1.54) is 6.92 Å². The Hall–Kier alpha value is -3.88. The Kier molecular flexibility index (Phi) is 8.89. The predicted octanol–water partition coefficient (Wildman–Crippen LogP) is 4.59. The summed E-state index contributed by atoms with van der Waals surface area (Å²) in [6.07, 6.45) is 3.22. The molecule has 0 aliphatic carbocycles. The molecule has 4 aromatic rings. The Morgan fingerprint density at radius 3 is 2.49 bits per heavy atom. The number of benzene rings is 2. The number of nitrogens with zero attached hydrogens (tertiary/aromatic N) is 2. The number of aliphatic hydroxyl groups is 1. The molecule has 39 heavy (non-hydrogen) atoms. The van der Waals surface area contributed by atoms with Crippen LogP contribution in [0.15, 0.2) is 67.0 Å². The van der Waals surface area contributed by atoms with Gasteiger partial charge in [0, 0.05) is 30.1 Å². The average Bonchev–Trinajstić information content (AvgIpc) is 3.34. The number of nitrogens with one attached hydrogen (secondary N) is 2. The summed E-state index contributed by atoms with van der Waals surface area (Å²) in [6.45, 7) is 7.36. The lowest BCUT2D eigenvalue weighted by atomic mass is 10.0. The number of hydrogen-bond donors (Lipinski definition) is 3. The summed E-state index contributed by atoms with van der Waals surface area (Å²) in [5.41, 5.74) is 5.20. The Labute approximate surface area is 233 Å². The minimum Gasteiger partial charge on any atom is -0.489 e. The predicted molar refractivity (Wildman–Crippen MR) is 152 cm³/mol. The lowest BCUT2D eigenvalue weighted by molar-refractivity contribution is -0.128. The van der Waals surface area contributed by atoms with E-state index >= 15 is 0 Å². The second kappa shape index (κ2) is 12.3. The van der Waals surface area contributed by atoms with Crippen LogP contribution in [-0.2, 0) is 11.2 Å². The van der Waals surface area contributed by atoms with Crippen LogP contribution in [-0.4, -0.2) is 51.1 Å². The molecule has 204 valence electrons. The number of rotatable bonds is 10. The van der Waals surface area contributed by atoms with E-state index in [9.17, 15) is 14.7 Å². The molecule has 9 heteroatoms. The van der Waals surface area contributed by atoms with Gasteiger partial charge in [-0.15, -0.1) is 0 Å². The third-order valence-electron chi connectivity index (χ3n) is 6.20. The highest BCUT2D eigenvalue weighted by molar-refractivity contribution is 6.32. The topological polar surface area (TPSA) is 105 Å². The molecule has 2 atom stereocenters. The van der Waals surface area contributed by atoms with Crippen LogP contribution in [0.1, 0.15) is 42.3 Å². The van der Waals surface area contributed by atoms with E-state index in [1.54, 1.807) is 18.2 Å². The number of aromatic nitrogens is 2. The van der Waals surface area contributed by atoms with Gasteiger partial charge in [-0.05, 0) is 69.5 Å². The smallest absolute Gasteiger partial charge is 0.251 e. The maximum Gasteiger partial charge on any atom is 0.251 e. The van der Waals surface area contributed by atoms with Crippen LogP contribution in [0.5, 0.6) is 5.75 Å². The number of carbonyl (C=O) groups excluding carboxylic acids is 2. The molecule has 2 aromatic carbocycles. The third-order valence-corrected chi connectivity index (χ3v) is 6.50. The highest BCUT2D eigenvalue weighted by Crippen LogP contribution is 2.26. The summed E-state index contributed by atoms with van der Waals surface area (Å²) >= 11 is 6.32. The Balaban J connectivity index is 1.49. The SMILES string of the molecule is Cc1cccn2cc(-c3ccc(C[C@@H](CNC(=O)[C@@H](C)O)NC(=O)c4ccc(OC(C)C)c(Cl)c4)cc3)nc12. The average molecular weight is 549 g/mol. The maximum absolute atomic E-state index is 13.1. The summed E-state index contributed by atoms with van der Waals surface area (Å²) in [6, 6.07) is 16.4. The minimum atomic E-state index is -1.15. The number of amides is 2. The van der Waals surface area contributed by atoms with Crippen LogP contribution in [0.2, 0.25) is 5.02 Å². The van der Waals surface area contributed by atoms with Crippen molar-refractivity contribution in [3.8, 4) is 17.0 Å². The zero-order chi connectivity index (χ0) is 28.1. The van der Waals surface area contributed by atoms with E-state index in [4.69, 9.17) is 21.3 Å². The molecule has 0 unspecified atom stereocenters. The number of hydrogen-bond acceptors (Lipinski definition) is 5. The van der Waals surface area contributed by atoms with Crippen molar-refractivity contribution in [2.45, 2.75) is 52.4 Å². The van der Waals surface area contributed by atoms with Crippen LogP contribution in [0.25, 0.3) is 16.9 Å². The Morgan fingerprint density at radius 1 is 1.10 bits per heavy atom. The standard InChI is InChI=1S/C30H33ClN4O4/c1-18(2)39-27-12-11-23(15-25(27)31)30(38)33-24(16-32-29(37)20(4)36)14-21-7-9-22(10-8-21)26-17-35-13-5-6-19(3)28(35)34-26/h5-13,15,17-18,20,24,36H,14,16H2,1-4H3,(H,32,37)(H,33,38)/t20-,24+/m1/s1. The first-order valence-corrected chi connectivity index (χ1v) is 13.2. The van der Waals surface area contributed by atoms with Crippen LogP contribution in [0.4, 0.5) is 0 Å². The van der Waals surface area contributed by atoms with Crippen molar-refractivity contribution >= 4 is 29.1 Å². The van der Waals surface area contributed by atoms with E-state index in [1.807, 2.05) is 74.0 Å². The normalized spacial score (nSPS) is 12.8. The molecule has 0 spiro atoms. The molecule has 0 aliphatic rings. The van der Waals surface area contributed by atoms with Gasteiger partial charge in [-0.3, -0.25) is 9.59 Å². The number of ether oxygens (including phenoxy) is 1. The van der Waals surface area contributed by atoms with E-state index in [-0.39, 0.29) is 18.6 Å². The van der Waals surface area contributed by atoms with Gasteiger partial charge in [-0.1, -0.05) is 41.9 Å². The number of aryl methyl sites for hydroxylation is 1. The molecular weight excluding hydrogens is 516 g/mol. The van der Waals surface area contributed by atoms with Gasteiger partial charge in [0.05, 0.1) is 22.9 Å². The molecule has 2 aromatic heterocycles. The largest absolute Gasteiger partial charge is 0.489 e. The summed E-state index contributed by atoms with van der Waals surface area (Å²) in [4.78, 5) is 29.8. The molecule has 4 rings (SSSR count). The second-order valence-electron chi connectivity index (χ2n) is 9.85. The van der Waals surface area contributed by atoms with Gasteiger partial charge in [0.15, 0.2) is 0 Å². The molecule has 0 aliphatic heterocycles. The number of aliphatic hydroxyl groups excluding tert-OH is 1. The molecule has 2 heterocycles. The molecule has 0 bridgehead atoms. The molecule has 0 saturated heterocycles. The zero-order valence-electron chi connectivity index (χ0n) is 22.4. The third kappa shape index (κ3) is 7.16. The fourth-order valence-electron chi connectivity index (χ4n) is 4.19. The van der Waals surface area contributed by atoms with E-state index < -0.39 is 18.1 Å².